The Morgan fingerprint density at radius 2 is 2.05 bits per heavy atom. The predicted molar refractivity (Wildman–Crippen MR) is 86.4 cm³/mol. The minimum absolute atomic E-state index is 0.0808. The Balaban J connectivity index is 1.92. The van der Waals surface area contributed by atoms with Crippen LogP contribution in [0.4, 0.5) is 0 Å². The number of aliphatic hydroxyl groups is 1. The molecule has 0 radical (unpaired) electrons. The second-order valence-electron chi connectivity index (χ2n) is 5.66. The van der Waals surface area contributed by atoms with Crippen molar-refractivity contribution in [1.82, 2.24) is 9.80 Å². The first-order valence-electron chi connectivity index (χ1n) is 7.50. The monoisotopic (exact) mass is 326 g/mol. The van der Waals surface area contributed by atoms with Crippen molar-refractivity contribution in [3.63, 3.8) is 0 Å². The molecule has 1 aromatic rings. The van der Waals surface area contributed by atoms with Crippen molar-refractivity contribution in [3.8, 4) is 5.75 Å². The minimum Gasteiger partial charge on any atom is -0.496 e. The molecular weight excluding hydrogens is 304 g/mol. The fourth-order valence-corrected chi connectivity index (χ4v) is 2.91. The van der Waals surface area contributed by atoms with E-state index >= 15 is 0 Å². The van der Waals surface area contributed by atoms with Gasteiger partial charge in [0.1, 0.15) is 5.75 Å². The van der Waals surface area contributed by atoms with Gasteiger partial charge in [-0.05, 0) is 25.1 Å². The molecule has 0 spiro atoms. The van der Waals surface area contributed by atoms with E-state index in [4.69, 9.17) is 16.3 Å². The van der Waals surface area contributed by atoms with E-state index in [1.807, 2.05) is 4.90 Å². The van der Waals surface area contributed by atoms with Gasteiger partial charge in [-0.3, -0.25) is 9.69 Å². The number of carbonyl (C=O) groups excluding carboxylic acids is 1. The van der Waals surface area contributed by atoms with Crippen molar-refractivity contribution in [2.24, 2.45) is 0 Å². The number of halogens is 1. The van der Waals surface area contributed by atoms with Gasteiger partial charge < -0.3 is 14.7 Å². The Morgan fingerprint density at radius 3 is 2.64 bits per heavy atom. The molecular formula is C16H23ClN2O3. The standard InChI is InChI=1S/C16H23ClN2O3/c1-12(20)11-18-5-7-19(8-6-18)16(21)10-13-9-14(17)3-4-15(13)22-2/h3-4,9,12,20H,5-8,10-11H2,1-2H3/t12-/m1/s1. The lowest BCUT2D eigenvalue weighted by atomic mass is 10.1. The second-order valence-corrected chi connectivity index (χ2v) is 6.10. The SMILES string of the molecule is COc1ccc(Cl)cc1CC(=O)N1CCN(C[C@@H](C)O)CC1. The number of methoxy groups -OCH3 is 1. The maximum absolute atomic E-state index is 12.4. The van der Waals surface area contributed by atoms with Crippen molar-refractivity contribution < 1.29 is 14.6 Å². The zero-order valence-electron chi connectivity index (χ0n) is 13.1. The zero-order valence-corrected chi connectivity index (χ0v) is 13.8. The van der Waals surface area contributed by atoms with Gasteiger partial charge in [0.25, 0.3) is 0 Å². The topological polar surface area (TPSA) is 53.0 Å². The van der Waals surface area contributed by atoms with Gasteiger partial charge >= 0.3 is 0 Å². The summed E-state index contributed by atoms with van der Waals surface area (Å²) >= 11 is 6.00. The molecule has 22 heavy (non-hydrogen) atoms. The first-order valence-corrected chi connectivity index (χ1v) is 7.88. The van der Waals surface area contributed by atoms with Crippen molar-refractivity contribution in [1.29, 1.82) is 0 Å². The lowest BCUT2D eigenvalue weighted by Crippen LogP contribution is -2.50. The second kappa shape index (κ2) is 7.81. The average molecular weight is 327 g/mol. The summed E-state index contributed by atoms with van der Waals surface area (Å²) in [5.74, 6) is 0.766. The van der Waals surface area contributed by atoms with E-state index in [0.29, 0.717) is 36.8 Å². The summed E-state index contributed by atoms with van der Waals surface area (Å²) in [6.45, 7) is 5.41. The molecule has 1 aromatic carbocycles. The lowest BCUT2D eigenvalue weighted by molar-refractivity contribution is -0.132. The van der Waals surface area contributed by atoms with Crippen LogP contribution in [0, 0.1) is 0 Å². The van der Waals surface area contributed by atoms with Crippen LogP contribution in [-0.4, -0.2) is 66.8 Å². The van der Waals surface area contributed by atoms with Crippen LogP contribution >= 0.6 is 11.6 Å². The molecule has 122 valence electrons. The van der Waals surface area contributed by atoms with Crippen molar-refractivity contribution in [2.75, 3.05) is 39.8 Å². The summed E-state index contributed by atoms with van der Waals surface area (Å²) < 4.78 is 5.28. The maximum Gasteiger partial charge on any atom is 0.227 e. The van der Waals surface area contributed by atoms with Gasteiger partial charge in [-0.2, -0.15) is 0 Å². The third kappa shape index (κ3) is 4.60. The molecule has 6 heteroatoms. The number of carbonyl (C=O) groups is 1. The number of aliphatic hydroxyl groups excluding tert-OH is 1. The number of rotatable bonds is 5. The number of nitrogens with zero attached hydrogens (tertiary/aromatic N) is 2. The molecule has 0 aliphatic carbocycles. The van der Waals surface area contributed by atoms with E-state index in [9.17, 15) is 9.90 Å². The van der Waals surface area contributed by atoms with Crippen molar-refractivity contribution in [3.05, 3.63) is 28.8 Å². The predicted octanol–water partition coefficient (Wildman–Crippen LogP) is 1.42. The number of hydrogen-bond donors (Lipinski definition) is 1. The van der Waals surface area contributed by atoms with E-state index in [1.165, 1.54) is 0 Å². The fraction of sp³-hybridized carbons (Fsp3) is 0.562. The van der Waals surface area contributed by atoms with Gasteiger partial charge in [0.2, 0.25) is 5.91 Å². The zero-order chi connectivity index (χ0) is 16.1. The van der Waals surface area contributed by atoms with Gasteiger partial charge in [-0.25, -0.2) is 0 Å². The third-order valence-corrected chi connectivity index (χ3v) is 4.07. The summed E-state index contributed by atoms with van der Waals surface area (Å²) in [5, 5.41) is 10.0. The van der Waals surface area contributed by atoms with Gasteiger partial charge in [0, 0.05) is 43.3 Å². The van der Waals surface area contributed by atoms with Gasteiger partial charge in [0.15, 0.2) is 0 Å². The highest BCUT2D eigenvalue weighted by molar-refractivity contribution is 6.30. The molecule has 1 aliphatic rings. The first kappa shape index (κ1) is 17.1. The molecule has 0 unspecified atom stereocenters. The molecule has 1 N–H and O–H groups in total. The van der Waals surface area contributed by atoms with Gasteiger partial charge in [-0.15, -0.1) is 0 Å². The maximum atomic E-state index is 12.4. The van der Waals surface area contributed by atoms with E-state index in [1.54, 1.807) is 32.2 Å². The third-order valence-electron chi connectivity index (χ3n) is 3.83. The molecule has 1 aliphatic heterocycles. The summed E-state index contributed by atoms with van der Waals surface area (Å²) in [6.07, 6.45) is -0.0434. The Bertz CT molecular complexity index is 514. The van der Waals surface area contributed by atoms with Crippen molar-refractivity contribution in [2.45, 2.75) is 19.4 Å². The number of amides is 1. The van der Waals surface area contributed by atoms with Gasteiger partial charge in [0.05, 0.1) is 19.6 Å². The normalized spacial score (nSPS) is 17.4. The van der Waals surface area contributed by atoms with Gasteiger partial charge in [-0.1, -0.05) is 11.6 Å². The van der Waals surface area contributed by atoms with Crippen LogP contribution in [0.3, 0.4) is 0 Å². The molecule has 5 nitrogen and oxygen atoms in total. The van der Waals surface area contributed by atoms with Crippen LogP contribution in [0.5, 0.6) is 5.75 Å². The molecule has 0 bridgehead atoms. The molecule has 0 aromatic heterocycles. The van der Waals surface area contributed by atoms with Crippen molar-refractivity contribution >= 4 is 17.5 Å². The van der Waals surface area contributed by atoms with Crippen LogP contribution in [-0.2, 0) is 11.2 Å². The van der Waals surface area contributed by atoms with E-state index in [-0.39, 0.29) is 12.0 Å². The van der Waals surface area contributed by atoms with E-state index in [2.05, 4.69) is 4.90 Å². The Hall–Kier alpha value is -1.30. The summed E-state index contributed by atoms with van der Waals surface area (Å²) in [5.41, 5.74) is 0.811. The highest BCUT2D eigenvalue weighted by Crippen LogP contribution is 2.23. The smallest absolute Gasteiger partial charge is 0.227 e. The van der Waals surface area contributed by atoms with Crippen LogP contribution in [0.25, 0.3) is 0 Å². The number of benzene rings is 1. The Labute approximate surface area is 136 Å². The number of β-amino-alcohol motifs (C(OH)–C–C–N with tert-alkyl or cyclic N) is 1. The molecule has 1 heterocycles. The molecule has 2 rings (SSSR count). The molecule has 1 amide bonds. The number of ether oxygens (including phenoxy) is 1. The van der Waals surface area contributed by atoms with E-state index < -0.39 is 0 Å². The summed E-state index contributed by atoms with van der Waals surface area (Å²) in [7, 11) is 1.59. The molecule has 1 fully saturated rings. The first-order chi connectivity index (χ1) is 10.5. The highest BCUT2D eigenvalue weighted by Gasteiger charge is 2.22. The fourth-order valence-electron chi connectivity index (χ4n) is 2.71. The van der Waals surface area contributed by atoms with Crippen LogP contribution in [0.1, 0.15) is 12.5 Å². The van der Waals surface area contributed by atoms with Crippen LogP contribution < -0.4 is 4.74 Å². The Kier molecular flexibility index (Phi) is 6.06. The van der Waals surface area contributed by atoms with Crippen LogP contribution in [0.2, 0.25) is 5.02 Å². The number of piperazine rings is 1. The molecule has 1 atom stereocenters. The lowest BCUT2D eigenvalue weighted by Gasteiger charge is -2.35. The molecule has 0 saturated carbocycles. The molecule has 1 saturated heterocycles. The minimum atomic E-state index is -0.335. The largest absolute Gasteiger partial charge is 0.496 e. The van der Waals surface area contributed by atoms with E-state index in [0.717, 1.165) is 18.7 Å². The average Bonchev–Trinajstić information content (AvgIpc) is 2.47. The quantitative estimate of drug-likeness (QED) is 0.889. The summed E-state index contributed by atoms with van der Waals surface area (Å²) in [6, 6.07) is 5.32. The summed E-state index contributed by atoms with van der Waals surface area (Å²) in [4.78, 5) is 16.5. The van der Waals surface area contributed by atoms with Crippen LogP contribution in [0.15, 0.2) is 18.2 Å². The Morgan fingerprint density at radius 1 is 1.36 bits per heavy atom. The number of hydrogen-bond acceptors (Lipinski definition) is 4. The highest BCUT2D eigenvalue weighted by atomic mass is 35.5.